The standard InChI is InChI=1S/C11H15BrFN.3C2H6/c1-3-6-14(2)8-9-4-5-10(12)11(13)7-9;3*1-2/h4-5,7H,3,6,8H2,1-2H3;3*1-2H3. The Hall–Kier alpha value is -0.410. The van der Waals surface area contributed by atoms with Crippen molar-refractivity contribution in [3.8, 4) is 0 Å². The summed E-state index contributed by atoms with van der Waals surface area (Å²) < 4.78 is 13.7. The number of rotatable bonds is 4. The first-order chi connectivity index (χ1) is 9.63. The fraction of sp³-hybridized carbons (Fsp3) is 0.647. The smallest absolute Gasteiger partial charge is 0.137 e. The molecule has 120 valence electrons. The van der Waals surface area contributed by atoms with Gasteiger partial charge < -0.3 is 4.90 Å². The van der Waals surface area contributed by atoms with Gasteiger partial charge in [0.15, 0.2) is 0 Å². The van der Waals surface area contributed by atoms with Crippen molar-refractivity contribution in [2.24, 2.45) is 0 Å². The van der Waals surface area contributed by atoms with Crippen LogP contribution in [-0.4, -0.2) is 18.5 Å². The topological polar surface area (TPSA) is 3.24 Å². The van der Waals surface area contributed by atoms with Crippen LogP contribution in [0.15, 0.2) is 22.7 Å². The molecule has 0 aromatic heterocycles. The van der Waals surface area contributed by atoms with Gasteiger partial charge in [-0.05, 0) is 53.6 Å². The van der Waals surface area contributed by atoms with Gasteiger partial charge in [0.1, 0.15) is 5.82 Å². The highest BCUT2D eigenvalue weighted by molar-refractivity contribution is 9.10. The van der Waals surface area contributed by atoms with Crippen molar-refractivity contribution in [3.63, 3.8) is 0 Å². The molecule has 1 nitrogen and oxygen atoms in total. The Bertz CT molecular complexity index is 303. The molecule has 0 amide bonds. The van der Waals surface area contributed by atoms with Crippen LogP contribution in [0, 0.1) is 5.82 Å². The molecule has 0 unspecified atom stereocenters. The number of nitrogens with zero attached hydrogens (tertiary/aromatic N) is 1. The van der Waals surface area contributed by atoms with Crippen molar-refractivity contribution < 1.29 is 4.39 Å². The van der Waals surface area contributed by atoms with Gasteiger partial charge in [-0.2, -0.15) is 0 Å². The fourth-order valence-electron chi connectivity index (χ4n) is 1.41. The van der Waals surface area contributed by atoms with E-state index in [0.29, 0.717) is 4.47 Å². The number of hydrogen-bond acceptors (Lipinski definition) is 1. The van der Waals surface area contributed by atoms with Crippen LogP contribution in [-0.2, 0) is 6.54 Å². The molecule has 0 saturated carbocycles. The van der Waals surface area contributed by atoms with E-state index in [2.05, 4.69) is 27.8 Å². The van der Waals surface area contributed by atoms with Gasteiger partial charge >= 0.3 is 0 Å². The van der Waals surface area contributed by atoms with E-state index >= 15 is 0 Å². The summed E-state index contributed by atoms with van der Waals surface area (Å²) in [6.07, 6.45) is 1.12. The predicted molar refractivity (Wildman–Crippen MR) is 94.8 cm³/mol. The lowest BCUT2D eigenvalue weighted by molar-refractivity contribution is 0.327. The van der Waals surface area contributed by atoms with Crippen LogP contribution in [0.25, 0.3) is 0 Å². The van der Waals surface area contributed by atoms with Crippen LogP contribution < -0.4 is 0 Å². The first kappa shape index (κ1) is 24.6. The fourth-order valence-corrected chi connectivity index (χ4v) is 1.66. The van der Waals surface area contributed by atoms with E-state index in [1.807, 2.05) is 54.7 Å². The molecule has 0 atom stereocenters. The third-order valence-corrected chi connectivity index (χ3v) is 2.68. The third-order valence-electron chi connectivity index (χ3n) is 2.04. The maximum atomic E-state index is 13.2. The molecule has 0 aliphatic carbocycles. The first-order valence-electron chi connectivity index (χ1n) is 7.76. The molecule has 1 aromatic carbocycles. The summed E-state index contributed by atoms with van der Waals surface area (Å²) >= 11 is 3.14. The summed E-state index contributed by atoms with van der Waals surface area (Å²) in [7, 11) is 2.05. The van der Waals surface area contributed by atoms with Gasteiger partial charge in [-0.15, -0.1) is 0 Å². The van der Waals surface area contributed by atoms with Crippen LogP contribution in [0.4, 0.5) is 4.39 Å². The zero-order valence-corrected chi connectivity index (χ0v) is 16.1. The average molecular weight is 350 g/mol. The lowest BCUT2D eigenvalue weighted by atomic mass is 10.2. The van der Waals surface area contributed by atoms with Crippen molar-refractivity contribution in [2.45, 2.75) is 61.4 Å². The highest BCUT2D eigenvalue weighted by Crippen LogP contribution is 2.17. The van der Waals surface area contributed by atoms with Gasteiger partial charge in [0, 0.05) is 6.54 Å². The van der Waals surface area contributed by atoms with E-state index in [0.717, 1.165) is 25.1 Å². The molecule has 20 heavy (non-hydrogen) atoms. The molecule has 3 heteroatoms. The molecule has 0 N–H and O–H groups in total. The summed E-state index contributed by atoms with van der Waals surface area (Å²) in [4.78, 5) is 2.18. The monoisotopic (exact) mass is 349 g/mol. The SMILES string of the molecule is CC.CC.CC.CCCN(C)Cc1ccc(Br)c(F)c1. The minimum atomic E-state index is -0.188. The molecular weight excluding hydrogens is 317 g/mol. The van der Waals surface area contributed by atoms with E-state index in [-0.39, 0.29) is 5.82 Å². The van der Waals surface area contributed by atoms with Crippen molar-refractivity contribution >= 4 is 15.9 Å². The van der Waals surface area contributed by atoms with Crippen molar-refractivity contribution in [1.82, 2.24) is 4.90 Å². The van der Waals surface area contributed by atoms with Crippen LogP contribution in [0.1, 0.15) is 60.5 Å². The highest BCUT2D eigenvalue weighted by Gasteiger charge is 2.02. The second-order valence-corrected chi connectivity index (χ2v) is 4.34. The molecule has 1 aromatic rings. The molecule has 0 saturated heterocycles. The number of benzene rings is 1. The summed E-state index contributed by atoms with van der Waals surface area (Å²) in [5.74, 6) is -0.188. The van der Waals surface area contributed by atoms with Crippen molar-refractivity contribution in [1.29, 1.82) is 0 Å². The molecule has 0 radical (unpaired) electrons. The maximum absolute atomic E-state index is 13.2. The Balaban J connectivity index is -0.000000425. The van der Waals surface area contributed by atoms with Gasteiger partial charge in [-0.1, -0.05) is 54.5 Å². The minimum absolute atomic E-state index is 0.188. The molecule has 0 aliphatic heterocycles. The van der Waals surface area contributed by atoms with Gasteiger partial charge in [0.05, 0.1) is 4.47 Å². The Morgan fingerprint density at radius 3 is 1.95 bits per heavy atom. The predicted octanol–water partition coefficient (Wildman–Crippen LogP) is 6.51. The van der Waals surface area contributed by atoms with Gasteiger partial charge in [0.2, 0.25) is 0 Å². The van der Waals surface area contributed by atoms with Gasteiger partial charge in [0.25, 0.3) is 0 Å². The zero-order chi connectivity index (χ0) is 16.6. The van der Waals surface area contributed by atoms with E-state index < -0.39 is 0 Å². The van der Waals surface area contributed by atoms with Crippen molar-refractivity contribution in [2.75, 3.05) is 13.6 Å². The first-order valence-corrected chi connectivity index (χ1v) is 8.55. The lowest BCUT2D eigenvalue weighted by Crippen LogP contribution is -2.18. The van der Waals surface area contributed by atoms with E-state index in [9.17, 15) is 4.39 Å². The average Bonchev–Trinajstić information content (AvgIpc) is 2.49. The number of hydrogen-bond donors (Lipinski definition) is 0. The second-order valence-electron chi connectivity index (χ2n) is 3.49. The second kappa shape index (κ2) is 18.6. The third kappa shape index (κ3) is 12.6. The quantitative estimate of drug-likeness (QED) is 0.598. The highest BCUT2D eigenvalue weighted by atomic mass is 79.9. The minimum Gasteiger partial charge on any atom is -0.302 e. The normalized spacial score (nSPS) is 8.55. The molecule has 0 heterocycles. The Morgan fingerprint density at radius 1 is 1.05 bits per heavy atom. The van der Waals surface area contributed by atoms with Crippen LogP contribution in [0.2, 0.25) is 0 Å². The molecule has 0 fully saturated rings. The van der Waals surface area contributed by atoms with Gasteiger partial charge in [-0.25, -0.2) is 4.39 Å². The van der Waals surface area contributed by atoms with Crippen molar-refractivity contribution in [3.05, 3.63) is 34.1 Å². The molecule has 0 bridgehead atoms. The molecule has 0 spiro atoms. The summed E-state index contributed by atoms with van der Waals surface area (Å²) in [6, 6.07) is 5.28. The lowest BCUT2D eigenvalue weighted by Gasteiger charge is -2.15. The van der Waals surface area contributed by atoms with E-state index in [1.165, 1.54) is 0 Å². The summed E-state index contributed by atoms with van der Waals surface area (Å²) in [6.45, 7) is 16.0. The summed E-state index contributed by atoms with van der Waals surface area (Å²) in [5.41, 5.74) is 1.02. The maximum Gasteiger partial charge on any atom is 0.137 e. The van der Waals surface area contributed by atoms with Gasteiger partial charge in [-0.3, -0.25) is 0 Å². The Morgan fingerprint density at radius 2 is 1.55 bits per heavy atom. The summed E-state index contributed by atoms with van der Waals surface area (Å²) in [5, 5.41) is 0. The molecular formula is C17H33BrFN. The van der Waals surface area contributed by atoms with E-state index in [4.69, 9.17) is 0 Å². The van der Waals surface area contributed by atoms with Crippen LogP contribution in [0.5, 0.6) is 0 Å². The Kier molecular flexibility index (Phi) is 22.9. The van der Waals surface area contributed by atoms with Crippen LogP contribution in [0.3, 0.4) is 0 Å². The zero-order valence-electron chi connectivity index (χ0n) is 14.6. The molecule has 0 aliphatic rings. The number of halogens is 2. The van der Waals surface area contributed by atoms with Crippen LogP contribution >= 0.6 is 15.9 Å². The molecule has 1 rings (SSSR count). The largest absolute Gasteiger partial charge is 0.302 e. The Labute approximate surface area is 134 Å². The van der Waals surface area contributed by atoms with E-state index in [1.54, 1.807) is 12.1 Å².